The van der Waals surface area contributed by atoms with Crippen molar-refractivity contribution in [2.24, 2.45) is 16.5 Å². The molecule has 3 heteroatoms. The SMILES string of the molecule is CCC(=O)ON=C1CCC(C(C)(C)CC)CC1. The van der Waals surface area contributed by atoms with Gasteiger partial charge < -0.3 is 4.84 Å². The van der Waals surface area contributed by atoms with Gasteiger partial charge in [-0.3, -0.25) is 0 Å². The Morgan fingerprint density at radius 3 is 2.41 bits per heavy atom. The second-order valence-electron chi connectivity index (χ2n) is 5.59. The Bertz CT molecular complexity index is 285. The highest BCUT2D eigenvalue weighted by atomic mass is 16.7. The molecule has 17 heavy (non-hydrogen) atoms. The smallest absolute Gasteiger partial charge is 0.318 e. The van der Waals surface area contributed by atoms with Crippen molar-refractivity contribution in [2.45, 2.75) is 66.2 Å². The lowest BCUT2D eigenvalue weighted by Crippen LogP contribution is -2.28. The van der Waals surface area contributed by atoms with E-state index in [0.717, 1.165) is 24.5 Å². The summed E-state index contributed by atoms with van der Waals surface area (Å²) < 4.78 is 0. The molecule has 1 saturated carbocycles. The standard InChI is InChI=1S/C14H25NO2/c1-5-13(16)17-15-12-9-7-11(8-10-12)14(3,4)6-2/h11H,5-10H2,1-4H3. The van der Waals surface area contributed by atoms with Crippen LogP contribution in [0.25, 0.3) is 0 Å². The van der Waals surface area contributed by atoms with E-state index in [0.29, 0.717) is 11.8 Å². The van der Waals surface area contributed by atoms with Gasteiger partial charge in [-0.2, -0.15) is 0 Å². The number of hydrogen-bond donors (Lipinski definition) is 0. The summed E-state index contributed by atoms with van der Waals surface area (Å²) in [5.41, 5.74) is 1.47. The van der Waals surface area contributed by atoms with E-state index in [1.54, 1.807) is 6.92 Å². The van der Waals surface area contributed by atoms with Gasteiger partial charge in [0.25, 0.3) is 0 Å². The normalized spacial score (nSPS) is 21.2. The van der Waals surface area contributed by atoms with Crippen molar-refractivity contribution in [3.8, 4) is 0 Å². The molecule has 1 aliphatic carbocycles. The second kappa shape index (κ2) is 6.18. The predicted octanol–water partition coefficient (Wildman–Crippen LogP) is 3.92. The molecule has 0 radical (unpaired) electrons. The number of carbonyl (C=O) groups is 1. The molecule has 0 aromatic rings. The first-order chi connectivity index (χ1) is 7.99. The Labute approximate surface area is 105 Å². The molecule has 0 aromatic heterocycles. The van der Waals surface area contributed by atoms with Gasteiger partial charge in [-0.05, 0) is 37.0 Å². The van der Waals surface area contributed by atoms with Gasteiger partial charge >= 0.3 is 5.97 Å². The van der Waals surface area contributed by atoms with E-state index >= 15 is 0 Å². The van der Waals surface area contributed by atoms with Crippen LogP contribution in [0.15, 0.2) is 5.16 Å². The number of nitrogens with zero attached hydrogens (tertiary/aromatic N) is 1. The van der Waals surface area contributed by atoms with Gasteiger partial charge in [-0.1, -0.05) is 39.3 Å². The van der Waals surface area contributed by atoms with Crippen LogP contribution in [0.1, 0.15) is 66.2 Å². The van der Waals surface area contributed by atoms with Crippen LogP contribution in [-0.4, -0.2) is 11.7 Å². The number of carbonyl (C=O) groups excluding carboxylic acids is 1. The van der Waals surface area contributed by atoms with Gasteiger partial charge in [-0.15, -0.1) is 0 Å². The summed E-state index contributed by atoms with van der Waals surface area (Å²) in [6, 6.07) is 0. The lowest BCUT2D eigenvalue weighted by atomic mass is 9.69. The van der Waals surface area contributed by atoms with Crippen LogP contribution in [0.3, 0.4) is 0 Å². The fraction of sp³-hybridized carbons (Fsp3) is 0.857. The summed E-state index contributed by atoms with van der Waals surface area (Å²) in [4.78, 5) is 15.8. The molecule has 0 atom stereocenters. The van der Waals surface area contributed by atoms with Crippen molar-refractivity contribution in [1.29, 1.82) is 0 Å². The molecule has 1 rings (SSSR count). The lowest BCUT2D eigenvalue weighted by Gasteiger charge is -2.36. The highest BCUT2D eigenvalue weighted by molar-refractivity contribution is 5.85. The number of rotatable bonds is 4. The minimum Gasteiger partial charge on any atom is -0.318 e. The third-order valence-corrected chi connectivity index (χ3v) is 4.14. The molecule has 0 N–H and O–H groups in total. The van der Waals surface area contributed by atoms with Crippen LogP contribution in [-0.2, 0) is 9.63 Å². The Hall–Kier alpha value is -0.860. The summed E-state index contributed by atoms with van der Waals surface area (Å²) in [6.07, 6.45) is 5.90. The van der Waals surface area contributed by atoms with Crippen molar-refractivity contribution in [3.05, 3.63) is 0 Å². The average Bonchev–Trinajstić information content (AvgIpc) is 2.36. The van der Waals surface area contributed by atoms with E-state index in [-0.39, 0.29) is 5.97 Å². The maximum atomic E-state index is 11.0. The summed E-state index contributed by atoms with van der Waals surface area (Å²) in [5.74, 6) is 0.529. The van der Waals surface area contributed by atoms with E-state index in [4.69, 9.17) is 4.84 Å². The predicted molar refractivity (Wildman–Crippen MR) is 69.8 cm³/mol. The van der Waals surface area contributed by atoms with Gasteiger partial charge in [0.2, 0.25) is 0 Å². The highest BCUT2D eigenvalue weighted by Gasteiger charge is 2.30. The van der Waals surface area contributed by atoms with Crippen LogP contribution in [0.4, 0.5) is 0 Å². The minimum atomic E-state index is -0.242. The molecule has 0 bridgehead atoms. The Balaban J connectivity index is 2.43. The first-order valence-corrected chi connectivity index (χ1v) is 6.75. The zero-order chi connectivity index (χ0) is 12.9. The van der Waals surface area contributed by atoms with Crippen molar-refractivity contribution in [1.82, 2.24) is 0 Å². The molecular weight excluding hydrogens is 214 g/mol. The molecule has 98 valence electrons. The molecular formula is C14H25NO2. The van der Waals surface area contributed by atoms with Gasteiger partial charge in [0.15, 0.2) is 0 Å². The molecule has 3 nitrogen and oxygen atoms in total. The zero-order valence-corrected chi connectivity index (χ0v) is 11.6. The monoisotopic (exact) mass is 239 g/mol. The van der Waals surface area contributed by atoms with Gasteiger partial charge in [-0.25, -0.2) is 4.79 Å². The molecule has 0 aromatic carbocycles. The van der Waals surface area contributed by atoms with E-state index in [1.165, 1.54) is 19.3 Å². The van der Waals surface area contributed by atoms with Crippen molar-refractivity contribution >= 4 is 11.7 Å². The maximum Gasteiger partial charge on any atom is 0.334 e. The van der Waals surface area contributed by atoms with Crippen LogP contribution in [0.5, 0.6) is 0 Å². The van der Waals surface area contributed by atoms with Gasteiger partial charge in [0.05, 0.1) is 5.71 Å². The molecule has 0 unspecified atom stereocenters. The zero-order valence-electron chi connectivity index (χ0n) is 11.6. The highest BCUT2D eigenvalue weighted by Crippen LogP contribution is 2.39. The van der Waals surface area contributed by atoms with Crippen LogP contribution in [0, 0.1) is 11.3 Å². The van der Waals surface area contributed by atoms with Crippen molar-refractivity contribution in [3.63, 3.8) is 0 Å². The quantitative estimate of drug-likeness (QED) is 0.551. The van der Waals surface area contributed by atoms with Gasteiger partial charge in [0, 0.05) is 6.42 Å². The van der Waals surface area contributed by atoms with Crippen LogP contribution in [0.2, 0.25) is 0 Å². The molecule has 1 aliphatic rings. The molecule has 0 spiro atoms. The van der Waals surface area contributed by atoms with Crippen molar-refractivity contribution < 1.29 is 9.63 Å². The van der Waals surface area contributed by atoms with E-state index in [1.807, 2.05) is 0 Å². The Morgan fingerprint density at radius 1 is 1.35 bits per heavy atom. The molecule has 0 amide bonds. The van der Waals surface area contributed by atoms with E-state index < -0.39 is 0 Å². The number of oxime groups is 1. The fourth-order valence-electron chi connectivity index (χ4n) is 2.29. The minimum absolute atomic E-state index is 0.242. The average molecular weight is 239 g/mol. The van der Waals surface area contributed by atoms with Crippen molar-refractivity contribution in [2.75, 3.05) is 0 Å². The summed E-state index contributed by atoms with van der Waals surface area (Å²) in [5, 5.41) is 3.96. The molecule has 1 fully saturated rings. The summed E-state index contributed by atoms with van der Waals surface area (Å²) in [6.45, 7) is 8.73. The van der Waals surface area contributed by atoms with Crippen LogP contribution < -0.4 is 0 Å². The first-order valence-electron chi connectivity index (χ1n) is 6.75. The maximum absolute atomic E-state index is 11.0. The molecule has 0 saturated heterocycles. The third kappa shape index (κ3) is 4.14. The number of hydrogen-bond acceptors (Lipinski definition) is 3. The third-order valence-electron chi connectivity index (χ3n) is 4.14. The second-order valence-corrected chi connectivity index (χ2v) is 5.59. The Kier molecular flexibility index (Phi) is 5.16. The molecule has 0 aliphatic heterocycles. The summed E-state index contributed by atoms with van der Waals surface area (Å²) in [7, 11) is 0. The lowest BCUT2D eigenvalue weighted by molar-refractivity contribution is -0.143. The Morgan fingerprint density at radius 2 is 1.94 bits per heavy atom. The van der Waals surface area contributed by atoms with E-state index in [9.17, 15) is 4.79 Å². The fourth-order valence-corrected chi connectivity index (χ4v) is 2.29. The summed E-state index contributed by atoms with van der Waals surface area (Å²) >= 11 is 0. The topological polar surface area (TPSA) is 38.7 Å². The first kappa shape index (κ1) is 14.2. The largest absolute Gasteiger partial charge is 0.334 e. The van der Waals surface area contributed by atoms with Gasteiger partial charge in [0.1, 0.15) is 0 Å². The molecule has 0 heterocycles. The van der Waals surface area contributed by atoms with Crippen LogP contribution >= 0.6 is 0 Å². The van der Waals surface area contributed by atoms with E-state index in [2.05, 4.69) is 25.9 Å².